The van der Waals surface area contributed by atoms with Crippen LogP contribution < -0.4 is 10.0 Å². The minimum Gasteiger partial charge on any atom is -0.321 e. The van der Waals surface area contributed by atoms with Crippen molar-refractivity contribution in [2.45, 2.75) is 38.1 Å². The normalized spacial score (nSPS) is 12.0. The monoisotopic (exact) mass is 347 g/mol. The van der Waals surface area contributed by atoms with Gasteiger partial charge in [-0.15, -0.1) is 0 Å². The molecule has 0 aliphatic heterocycles. The van der Waals surface area contributed by atoms with Gasteiger partial charge < -0.3 is 5.32 Å². The number of rotatable bonds is 4. The van der Waals surface area contributed by atoms with Crippen LogP contribution in [0.1, 0.15) is 37.0 Å². The molecule has 0 saturated carbocycles. The molecule has 0 radical (unpaired) electrons. The fourth-order valence-electron chi connectivity index (χ4n) is 2.07. The predicted molar refractivity (Wildman–Crippen MR) is 93.4 cm³/mol. The van der Waals surface area contributed by atoms with Crippen LogP contribution in [0.3, 0.4) is 0 Å². The summed E-state index contributed by atoms with van der Waals surface area (Å²) in [7, 11) is -3.66. The van der Waals surface area contributed by atoms with Crippen LogP contribution in [0.4, 0.5) is 5.69 Å². The molecular formula is C17H21N3O3S. The lowest BCUT2D eigenvalue weighted by Gasteiger charge is -2.20. The van der Waals surface area contributed by atoms with Crippen molar-refractivity contribution >= 4 is 21.6 Å². The number of aryl methyl sites for hydroxylation is 1. The second-order valence-electron chi connectivity index (χ2n) is 6.50. The average Bonchev–Trinajstić information content (AvgIpc) is 2.45. The zero-order chi connectivity index (χ0) is 18.0. The maximum atomic E-state index is 12.4. The van der Waals surface area contributed by atoms with Crippen LogP contribution in [0, 0.1) is 6.92 Å². The third-order valence-electron chi connectivity index (χ3n) is 2.96. The van der Waals surface area contributed by atoms with Gasteiger partial charge in [-0.25, -0.2) is 18.1 Å². The number of nitrogens with one attached hydrogen (secondary N) is 2. The Labute approximate surface area is 142 Å². The first kappa shape index (κ1) is 18.1. The number of amides is 1. The number of hydrogen-bond donors (Lipinski definition) is 2. The highest BCUT2D eigenvalue weighted by atomic mass is 32.2. The molecule has 2 aromatic rings. The molecule has 1 aromatic carbocycles. The number of anilines is 1. The molecule has 2 N–H and O–H groups in total. The standard InChI is InChI=1S/C17H21N3O3S/c1-12-7-5-10-15(18-12)16(21)19-13-8-6-9-14(11-13)24(22,23)20-17(2,3)4/h5-11,20H,1-4H3,(H,19,21). The summed E-state index contributed by atoms with van der Waals surface area (Å²) in [4.78, 5) is 16.5. The highest BCUT2D eigenvalue weighted by molar-refractivity contribution is 7.89. The Morgan fingerprint density at radius 2 is 1.75 bits per heavy atom. The smallest absolute Gasteiger partial charge is 0.274 e. The van der Waals surface area contributed by atoms with Gasteiger partial charge in [0, 0.05) is 16.9 Å². The van der Waals surface area contributed by atoms with Crippen LogP contribution in [0.2, 0.25) is 0 Å². The Kier molecular flexibility index (Phi) is 5.05. The Morgan fingerprint density at radius 3 is 2.38 bits per heavy atom. The summed E-state index contributed by atoms with van der Waals surface area (Å²) in [6.07, 6.45) is 0. The second kappa shape index (κ2) is 6.70. The van der Waals surface area contributed by atoms with Crippen LogP contribution in [0.5, 0.6) is 0 Å². The molecule has 1 aromatic heterocycles. The summed E-state index contributed by atoms with van der Waals surface area (Å²) >= 11 is 0. The van der Waals surface area contributed by atoms with E-state index in [9.17, 15) is 13.2 Å². The second-order valence-corrected chi connectivity index (χ2v) is 8.18. The molecule has 0 spiro atoms. The molecule has 1 heterocycles. The summed E-state index contributed by atoms with van der Waals surface area (Å²) in [6, 6.07) is 11.2. The van der Waals surface area contributed by atoms with Crippen LogP contribution in [0.15, 0.2) is 47.4 Å². The molecule has 128 valence electrons. The quantitative estimate of drug-likeness (QED) is 0.890. The molecule has 0 aliphatic carbocycles. The SMILES string of the molecule is Cc1cccc(C(=O)Nc2cccc(S(=O)(=O)NC(C)(C)C)c2)n1. The van der Waals surface area contributed by atoms with Gasteiger partial charge in [0.05, 0.1) is 4.90 Å². The number of benzene rings is 1. The van der Waals surface area contributed by atoms with Crippen LogP contribution in [0.25, 0.3) is 0 Å². The van der Waals surface area contributed by atoms with Gasteiger partial charge in [0.2, 0.25) is 10.0 Å². The topological polar surface area (TPSA) is 88.2 Å². The minimum atomic E-state index is -3.66. The van der Waals surface area contributed by atoms with Gasteiger partial charge in [0.25, 0.3) is 5.91 Å². The van der Waals surface area contributed by atoms with Crippen molar-refractivity contribution in [2.24, 2.45) is 0 Å². The number of carbonyl (C=O) groups is 1. The number of pyridine rings is 1. The zero-order valence-corrected chi connectivity index (χ0v) is 14.9. The summed E-state index contributed by atoms with van der Waals surface area (Å²) < 4.78 is 27.3. The number of hydrogen-bond acceptors (Lipinski definition) is 4. The Balaban J connectivity index is 2.23. The first-order chi connectivity index (χ1) is 11.1. The summed E-state index contributed by atoms with van der Waals surface area (Å²) in [5.41, 5.74) is 0.799. The maximum absolute atomic E-state index is 12.4. The molecule has 0 unspecified atom stereocenters. The summed E-state index contributed by atoms with van der Waals surface area (Å²) in [5, 5.41) is 2.67. The van der Waals surface area contributed by atoms with Gasteiger partial charge in [0.1, 0.15) is 5.69 Å². The third kappa shape index (κ3) is 4.87. The van der Waals surface area contributed by atoms with E-state index in [1.54, 1.807) is 58.0 Å². The highest BCUT2D eigenvalue weighted by Gasteiger charge is 2.22. The van der Waals surface area contributed by atoms with E-state index in [2.05, 4.69) is 15.0 Å². The van der Waals surface area contributed by atoms with Crippen molar-refractivity contribution < 1.29 is 13.2 Å². The number of nitrogens with zero attached hydrogens (tertiary/aromatic N) is 1. The number of aromatic nitrogens is 1. The molecule has 6 nitrogen and oxygen atoms in total. The first-order valence-electron chi connectivity index (χ1n) is 7.46. The molecular weight excluding hydrogens is 326 g/mol. The molecule has 7 heteroatoms. The Morgan fingerprint density at radius 1 is 1.08 bits per heavy atom. The first-order valence-corrected chi connectivity index (χ1v) is 8.94. The van der Waals surface area contributed by atoms with Gasteiger partial charge in [0.15, 0.2) is 0 Å². The molecule has 1 amide bonds. The van der Waals surface area contributed by atoms with Crippen molar-refractivity contribution in [3.05, 3.63) is 53.9 Å². The molecule has 2 rings (SSSR count). The maximum Gasteiger partial charge on any atom is 0.274 e. The van der Waals surface area contributed by atoms with E-state index in [4.69, 9.17) is 0 Å². The van der Waals surface area contributed by atoms with E-state index in [-0.39, 0.29) is 10.6 Å². The molecule has 0 aliphatic rings. The molecule has 0 atom stereocenters. The predicted octanol–water partition coefficient (Wildman–Crippen LogP) is 2.72. The van der Waals surface area contributed by atoms with Crippen molar-refractivity contribution in [2.75, 3.05) is 5.32 Å². The van der Waals surface area contributed by atoms with E-state index in [1.807, 2.05) is 0 Å². The fraction of sp³-hybridized carbons (Fsp3) is 0.294. The lowest BCUT2D eigenvalue weighted by atomic mass is 10.1. The lowest BCUT2D eigenvalue weighted by Crippen LogP contribution is -2.40. The van der Waals surface area contributed by atoms with Gasteiger partial charge in [-0.2, -0.15) is 0 Å². The van der Waals surface area contributed by atoms with E-state index >= 15 is 0 Å². The van der Waals surface area contributed by atoms with E-state index in [0.29, 0.717) is 5.69 Å². The van der Waals surface area contributed by atoms with Crippen molar-refractivity contribution in [3.63, 3.8) is 0 Å². The van der Waals surface area contributed by atoms with Crippen molar-refractivity contribution in [1.82, 2.24) is 9.71 Å². The van der Waals surface area contributed by atoms with Crippen LogP contribution >= 0.6 is 0 Å². The molecule has 0 saturated heterocycles. The molecule has 0 bridgehead atoms. The average molecular weight is 347 g/mol. The van der Waals surface area contributed by atoms with Gasteiger partial charge in [-0.3, -0.25) is 4.79 Å². The van der Waals surface area contributed by atoms with Gasteiger partial charge in [-0.05, 0) is 58.0 Å². The zero-order valence-electron chi connectivity index (χ0n) is 14.1. The van der Waals surface area contributed by atoms with E-state index in [0.717, 1.165) is 5.69 Å². The summed E-state index contributed by atoms with van der Waals surface area (Å²) in [5.74, 6) is -0.392. The van der Waals surface area contributed by atoms with E-state index < -0.39 is 21.5 Å². The van der Waals surface area contributed by atoms with Gasteiger partial charge in [-0.1, -0.05) is 12.1 Å². The van der Waals surface area contributed by atoms with Crippen LogP contribution in [-0.2, 0) is 10.0 Å². The van der Waals surface area contributed by atoms with Gasteiger partial charge >= 0.3 is 0 Å². The molecule has 24 heavy (non-hydrogen) atoms. The third-order valence-corrected chi connectivity index (χ3v) is 4.72. The number of carbonyl (C=O) groups excluding carboxylic acids is 1. The fourth-order valence-corrected chi connectivity index (χ4v) is 3.53. The van der Waals surface area contributed by atoms with Crippen LogP contribution in [-0.4, -0.2) is 24.8 Å². The Hall–Kier alpha value is -2.25. The van der Waals surface area contributed by atoms with Crippen molar-refractivity contribution in [1.29, 1.82) is 0 Å². The lowest BCUT2D eigenvalue weighted by molar-refractivity contribution is 0.102. The minimum absolute atomic E-state index is 0.0902. The largest absolute Gasteiger partial charge is 0.321 e. The Bertz CT molecular complexity index is 855. The number of sulfonamides is 1. The summed E-state index contributed by atoms with van der Waals surface area (Å²) in [6.45, 7) is 7.08. The highest BCUT2D eigenvalue weighted by Crippen LogP contribution is 2.18. The van der Waals surface area contributed by atoms with E-state index in [1.165, 1.54) is 12.1 Å². The molecule has 0 fully saturated rings. The van der Waals surface area contributed by atoms with Crippen molar-refractivity contribution in [3.8, 4) is 0 Å².